The lowest BCUT2D eigenvalue weighted by Gasteiger charge is -2.24. The summed E-state index contributed by atoms with van der Waals surface area (Å²) >= 11 is 0. The number of benzene rings is 1. The van der Waals surface area contributed by atoms with E-state index in [1.807, 2.05) is 0 Å². The number of nitrogens with zero attached hydrogens (tertiary/aromatic N) is 1. The molecule has 5 nitrogen and oxygen atoms in total. The van der Waals surface area contributed by atoms with Gasteiger partial charge in [-0.05, 0) is 36.8 Å². The van der Waals surface area contributed by atoms with Gasteiger partial charge in [0.25, 0.3) is 5.91 Å². The van der Waals surface area contributed by atoms with Gasteiger partial charge in [0, 0.05) is 12.1 Å². The monoisotopic (exact) mass is 279 g/mol. The molecule has 1 heterocycles. The summed E-state index contributed by atoms with van der Waals surface area (Å²) in [7, 11) is 0. The van der Waals surface area contributed by atoms with Crippen molar-refractivity contribution in [3.8, 4) is 5.75 Å². The molecule has 20 heavy (non-hydrogen) atoms. The third-order valence-corrected chi connectivity index (χ3v) is 2.86. The largest absolute Gasteiger partial charge is 0.482 e. The van der Waals surface area contributed by atoms with E-state index in [2.05, 4.69) is 0 Å². The molecule has 2 rings (SSSR count). The predicted octanol–water partition coefficient (Wildman–Crippen LogP) is 1.85. The SMILES string of the molecule is O=C(O)COc1ccc(C(=O)N2CCC=C(F)C2)cc1. The van der Waals surface area contributed by atoms with Crippen LogP contribution in [0.1, 0.15) is 16.8 Å². The highest BCUT2D eigenvalue weighted by Gasteiger charge is 2.19. The van der Waals surface area contributed by atoms with E-state index in [4.69, 9.17) is 9.84 Å². The molecule has 0 saturated heterocycles. The summed E-state index contributed by atoms with van der Waals surface area (Å²) in [6.07, 6.45) is 1.99. The number of carboxylic acid groups (broad SMARTS) is 1. The highest BCUT2D eigenvalue weighted by molar-refractivity contribution is 5.94. The van der Waals surface area contributed by atoms with Crippen LogP contribution in [0.2, 0.25) is 0 Å². The van der Waals surface area contributed by atoms with E-state index in [0.29, 0.717) is 24.3 Å². The van der Waals surface area contributed by atoms with Crippen LogP contribution in [0.5, 0.6) is 5.75 Å². The van der Waals surface area contributed by atoms with Gasteiger partial charge in [-0.2, -0.15) is 0 Å². The average Bonchev–Trinajstić information content (AvgIpc) is 2.45. The summed E-state index contributed by atoms with van der Waals surface area (Å²) in [5.74, 6) is -1.25. The molecule has 0 atom stereocenters. The maximum Gasteiger partial charge on any atom is 0.341 e. The van der Waals surface area contributed by atoms with E-state index in [0.717, 1.165) is 0 Å². The molecule has 0 spiro atoms. The Kier molecular flexibility index (Phi) is 4.34. The van der Waals surface area contributed by atoms with E-state index in [9.17, 15) is 14.0 Å². The first kappa shape index (κ1) is 14.0. The highest BCUT2D eigenvalue weighted by Crippen LogP contribution is 2.17. The Labute approximate surface area is 115 Å². The number of amides is 1. The average molecular weight is 279 g/mol. The second-order valence-corrected chi connectivity index (χ2v) is 4.37. The minimum Gasteiger partial charge on any atom is -0.482 e. The lowest BCUT2D eigenvalue weighted by atomic mass is 10.1. The summed E-state index contributed by atoms with van der Waals surface area (Å²) in [6, 6.07) is 6.12. The second kappa shape index (κ2) is 6.18. The Hall–Kier alpha value is -2.37. The fraction of sp³-hybridized carbons (Fsp3) is 0.286. The molecule has 0 aromatic heterocycles. The normalized spacial score (nSPS) is 14.7. The zero-order valence-electron chi connectivity index (χ0n) is 10.7. The minimum atomic E-state index is -1.07. The molecule has 0 aliphatic carbocycles. The Balaban J connectivity index is 2.00. The molecule has 1 aromatic carbocycles. The van der Waals surface area contributed by atoms with E-state index >= 15 is 0 Å². The second-order valence-electron chi connectivity index (χ2n) is 4.37. The number of hydrogen-bond acceptors (Lipinski definition) is 3. The predicted molar refractivity (Wildman–Crippen MR) is 69.3 cm³/mol. The van der Waals surface area contributed by atoms with Gasteiger partial charge in [-0.3, -0.25) is 4.79 Å². The van der Waals surface area contributed by atoms with Gasteiger partial charge in [-0.15, -0.1) is 0 Å². The molecule has 1 aliphatic rings. The van der Waals surface area contributed by atoms with Gasteiger partial charge in [0.1, 0.15) is 11.6 Å². The number of carboxylic acids is 1. The van der Waals surface area contributed by atoms with E-state index < -0.39 is 12.6 Å². The van der Waals surface area contributed by atoms with E-state index in [1.165, 1.54) is 35.2 Å². The fourth-order valence-corrected chi connectivity index (χ4v) is 1.90. The summed E-state index contributed by atoms with van der Waals surface area (Å²) in [5.41, 5.74) is 0.419. The number of carbonyl (C=O) groups is 2. The molecular formula is C14H14FNO4. The molecule has 106 valence electrons. The Morgan fingerprint density at radius 3 is 2.60 bits per heavy atom. The molecule has 0 bridgehead atoms. The quantitative estimate of drug-likeness (QED) is 0.913. The van der Waals surface area contributed by atoms with Crippen LogP contribution in [0.25, 0.3) is 0 Å². The molecular weight excluding hydrogens is 265 g/mol. The molecule has 1 amide bonds. The van der Waals surface area contributed by atoms with Crippen LogP contribution in [0.3, 0.4) is 0 Å². The standard InChI is InChI=1S/C14H14FNO4/c15-11-2-1-7-16(8-11)14(19)10-3-5-12(6-4-10)20-9-13(17)18/h2-6H,1,7-9H2,(H,17,18). The van der Waals surface area contributed by atoms with Crippen LogP contribution in [-0.4, -0.2) is 41.6 Å². The molecule has 0 unspecified atom stereocenters. The minimum absolute atomic E-state index is 0.00387. The van der Waals surface area contributed by atoms with Crippen molar-refractivity contribution in [2.45, 2.75) is 6.42 Å². The van der Waals surface area contributed by atoms with E-state index in [-0.39, 0.29) is 18.3 Å². The molecule has 1 aliphatic heterocycles. The van der Waals surface area contributed by atoms with Gasteiger partial charge >= 0.3 is 5.97 Å². The molecule has 1 aromatic rings. The van der Waals surface area contributed by atoms with E-state index in [1.54, 1.807) is 0 Å². The first-order valence-electron chi connectivity index (χ1n) is 6.15. The number of aliphatic carboxylic acids is 1. The number of rotatable bonds is 4. The first-order chi connectivity index (χ1) is 9.56. The van der Waals surface area contributed by atoms with Crippen LogP contribution in [0.15, 0.2) is 36.2 Å². The number of ether oxygens (including phenoxy) is 1. The number of hydrogen-bond donors (Lipinski definition) is 1. The van der Waals surface area contributed by atoms with Crippen molar-refractivity contribution >= 4 is 11.9 Å². The van der Waals surface area contributed by atoms with Crippen molar-refractivity contribution in [3.63, 3.8) is 0 Å². The third-order valence-electron chi connectivity index (χ3n) is 2.86. The van der Waals surface area contributed by atoms with Crippen LogP contribution in [0, 0.1) is 0 Å². The lowest BCUT2D eigenvalue weighted by molar-refractivity contribution is -0.139. The zero-order chi connectivity index (χ0) is 14.5. The lowest BCUT2D eigenvalue weighted by Crippen LogP contribution is -2.35. The summed E-state index contributed by atoms with van der Waals surface area (Å²) in [5, 5.41) is 8.49. The Bertz CT molecular complexity index is 539. The summed E-state index contributed by atoms with van der Waals surface area (Å²) in [6.45, 7) is 0.0506. The molecule has 1 N–H and O–H groups in total. The molecule has 0 saturated carbocycles. The topological polar surface area (TPSA) is 66.8 Å². The zero-order valence-corrected chi connectivity index (χ0v) is 10.7. The van der Waals surface area contributed by atoms with Crippen molar-refractivity contribution in [1.82, 2.24) is 4.90 Å². The molecule has 0 radical (unpaired) electrons. The summed E-state index contributed by atoms with van der Waals surface area (Å²) < 4.78 is 18.1. The van der Waals surface area contributed by atoms with Gasteiger partial charge in [0.2, 0.25) is 0 Å². The Morgan fingerprint density at radius 1 is 1.30 bits per heavy atom. The van der Waals surface area contributed by atoms with Crippen LogP contribution in [-0.2, 0) is 4.79 Å². The molecule has 6 heteroatoms. The van der Waals surface area contributed by atoms with Crippen LogP contribution in [0.4, 0.5) is 4.39 Å². The summed E-state index contributed by atoms with van der Waals surface area (Å²) in [4.78, 5) is 23.9. The van der Waals surface area contributed by atoms with Crippen molar-refractivity contribution in [3.05, 3.63) is 41.7 Å². The highest BCUT2D eigenvalue weighted by atomic mass is 19.1. The van der Waals surface area contributed by atoms with Gasteiger partial charge in [-0.1, -0.05) is 0 Å². The smallest absolute Gasteiger partial charge is 0.341 e. The van der Waals surface area contributed by atoms with Gasteiger partial charge < -0.3 is 14.7 Å². The Morgan fingerprint density at radius 2 is 2.00 bits per heavy atom. The van der Waals surface area contributed by atoms with Gasteiger partial charge in [0.15, 0.2) is 6.61 Å². The third kappa shape index (κ3) is 3.57. The van der Waals surface area contributed by atoms with Crippen LogP contribution >= 0.6 is 0 Å². The fourth-order valence-electron chi connectivity index (χ4n) is 1.90. The van der Waals surface area contributed by atoms with Crippen LogP contribution < -0.4 is 4.74 Å². The van der Waals surface area contributed by atoms with Gasteiger partial charge in [0.05, 0.1) is 6.54 Å². The molecule has 0 fully saturated rings. The number of carbonyl (C=O) groups excluding carboxylic acids is 1. The first-order valence-corrected chi connectivity index (χ1v) is 6.15. The van der Waals surface area contributed by atoms with Crippen molar-refractivity contribution < 1.29 is 23.8 Å². The maximum atomic E-state index is 13.1. The van der Waals surface area contributed by atoms with Crippen molar-refractivity contribution in [2.24, 2.45) is 0 Å². The maximum absolute atomic E-state index is 13.1. The number of halogens is 1. The van der Waals surface area contributed by atoms with Crippen molar-refractivity contribution in [1.29, 1.82) is 0 Å². The van der Waals surface area contributed by atoms with Crippen molar-refractivity contribution in [2.75, 3.05) is 19.7 Å². The van der Waals surface area contributed by atoms with Gasteiger partial charge in [-0.25, -0.2) is 9.18 Å².